The summed E-state index contributed by atoms with van der Waals surface area (Å²) in [6.07, 6.45) is 1.53. The molecule has 0 saturated heterocycles. The summed E-state index contributed by atoms with van der Waals surface area (Å²) in [7, 11) is 3.07. The van der Waals surface area contributed by atoms with Crippen molar-refractivity contribution in [3.8, 4) is 11.5 Å². The fourth-order valence-corrected chi connectivity index (χ4v) is 2.05. The number of aromatic nitrogens is 1. The number of hydrogen-bond donors (Lipinski definition) is 2. The molecular formula is C14H14BrN3O3. The molecule has 2 rings (SSSR count). The lowest BCUT2D eigenvalue weighted by atomic mass is 10.2. The van der Waals surface area contributed by atoms with Gasteiger partial charge in [-0.2, -0.15) is 0 Å². The molecule has 0 aliphatic heterocycles. The summed E-state index contributed by atoms with van der Waals surface area (Å²) in [4.78, 5) is 16.2. The maximum absolute atomic E-state index is 12.3. The molecule has 0 unspecified atom stereocenters. The van der Waals surface area contributed by atoms with Crippen molar-refractivity contribution in [2.75, 3.05) is 25.3 Å². The van der Waals surface area contributed by atoms with Crippen LogP contribution in [0.15, 0.2) is 34.9 Å². The molecule has 0 bridgehead atoms. The molecule has 110 valence electrons. The Hall–Kier alpha value is -2.28. The minimum atomic E-state index is -0.371. The van der Waals surface area contributed by atoms with E-state index in [0.29, 0.717) is 21.7 Å². The lowest BCUT2D eigenvalue weighted by Crippen LogP contribution is -2.15. The lowest BCUT2D eigenvalue weighted by molar-refractivity contribution is 0.102. The normalized spacial score (nSPS) is 10.0. The summed E-state index contributed by atoms with van der Waals surface area (Å²) in [5.74, 6) is 0.908. The molecule has 0 fully saturated rings. The van der Waals surface area contributed by atoms with Crippen LogP contribution in [0.1, 0.15) is 10.4 Å². The summed E-state index contributed by atoms with van der Waals surface area (Å²) in [6, 6.07) is 6.70. The zero-order valence-corrected chi connectivity index (χ0v) is 13.1. The number of hydrogen-bond acceptors (Lipinski definition) is 5. The van der Waals surface area contributed by atoms with Crippen LogP contribution >= 0.6 is 15.9 Å². The predicted octanol–water partition coefficient (Wildman–Crippen LogP) is 2.70. The third-order valence-electron chi connectivity index (χ3n) is 2.79. The molecule has 2 aromatic rings. The number of nitrogens with one attached hydrogen (secondary N) is 1. The lowest BCUT2D eigenvalue weighted by Gasteiger charge is -2.12. The summed E-state index contributed by atoms with van der Waals surface area (Å²) in [5.41, 5.74) is 6.51. The largest absolute Gasteiger partial charge is 0.497 e. The van der Waals surface area contributed by atoms with Crippen LogP contribution in [-0.4, -0.2) is 25.1 Å². The highest BCUT2D eigenvalue weighted by Crippen LogP contribution is 2.29. The number of carbonyl (C=O) groups is 1. The quantitative estimate of drug-likeness (QED) is 0.884. The van der Waals surface area contributed by atoms with Gasteiger partial charge in [0.2, 0.25) is 0 Å². The van der Waals surface area contributed by atoms with Crippen molar-refractivity contribution in [2.24, 2.45) is 0 Å². The second-order valence-corrected chi connectivity index (χ2v) is 5.02. The molecule has 1 heterocycles. The van der Waals surface area contributed by atoms with Crippen molar-refractivity contribution < 1.29 is 14.3 Å². The molecule has 6 nitrogen and oxygen atoms in total. The third-order valence-corrected chi connectivity index (χ3v) is 3.22. The van der Waals surface area contributed by atoms with E-state index in [-0.39, 0.29) is 17.3 Å². The van der Waals surface area contributed by atoms with E-state index in [1.54, 1.807) is 31.4 Å². The molecule has 21 heavy (non-hydrogen) atoms. The molecule has 0 radical (unpaired) electrons. The average molecular weight is 352 g/mol. The Kier molecular flexibility index (Phi) is 4.64. The van der Waals surface area contributed by atoms with E-state index in [1.807, 2.05) is 0 Å². The smallest absolute Gasteiger partial charge is 0.259 e. The summed E-state index contributed by atoms with van der Waals surface area (Å²) in [6.45, 7) is 0. The van der Waals surface area contributed by atoms with E-state index < -0.39 is 0 Å². The van der Waals surface area contributed by atoms with Gasteiger partial charge in [0.15, 0.2) is 0 Å². The van der Waals surface area contributed by atoms with Crippen LogP contribution in [0.2, 0.25) is 0 Å². The molecule has 1 amide bonds. The minimum Gasteiger partial charge on any atom is -0.497 e. The number of methoxy groups -OCH3 is 2. The van der Waals surface area contributed by atoms with Crippen molar-refractivity contribution in [2.45, 2.75) is 0 Å². The van der Waals surface area contributed by atoms with Crippen molar-refractivity contribution in [3.63, 3.8) is 0 Å². The molecule has 0 aliphatic rings. The highest BCUT2D eigenvalue weighted by atomic mass is 79.9. The zero-order valence-electron chi connectivity index (χ0n) is 11.5. The van der Waals surface area contributed by atoms with Gasteiger partial charge < -0.3 is 20.5 Å². The van der Waals surface area contributed by atoms with Gasteiger partial charge in [0.25, 0.3) is 5.91 Å². The molecule has 0 saturated carbocycles. The topological polar surface area (TPSA) is 86.5 Å². The van der Waals surface area contributed by atoms with Gasteiger partial charge in [0, 0.05) is 16.7 Å². The minimum absolute atomic E-state index is 0.156. The molecule has 7 heteroatoms. The number of nitrogens with zero attached hydrogens (tertiary/aromatic N) is 1. The van der Waals surface area contributed by atoms with E-state index >= 15 is 0 Å². The summed E-state index contributed by atoms with van der Waals surface area (Å²) >= 11 is 3.26. The molecular weight excluding hydrogens is 338 g/mol. The van der Waals surface area contributed by atoms with E-state index in [0.717, 1.165) is 0 Å². The van der Waals surface area contributed by atoms with Crippen LogP contribution in [0.25, 0.3) is 0 Å². The highest BCUT2D eigenvalue weighted by Gasteiger charge is 2.14. The number of nitrogens with two attached hydrogens (primary N) is 1. The van der Waals surface area contributed by atoms with Crippen LogP contribution in [-0.2, 0) is 0 Å². The van der Waals surface area contributed by atoms with E-state index in [4.69, 9.17) is 15.2 Å². The molecule has 0 aliphatic carbocycles. The van der Waals surface area contributed by atoms with Crippen molar-refractivity contribution in [3.05, 3.63) is 40.5 Å². The standard InChI is InChI=1S/C14H14BrN3O3/c1-20-9-3-4-11(12(6-9)21-2)18-14(19)10-5-8(15)7-17-13(10)16/h3-7H,1-2H3,(H2,16,17)(H,18,19). The van der Waals surface area contributed by atoms with E-state index in [1.165, 1.54) is 13.3 Å². The number of halogens is 1. The SMILES string of the molecule is COc1ccc(NC(=O)c2cc(Br)cnc2N)c(OC)c1. The van der Waals surface area contributed by atoms with Crippen LogP contribution in [0.4, 0.5) is 11.5 Å². The first-order valence-corrected chi connectivity index (χ1v) is 6.79. The number of nitrogen functional groups attached to an aromatic ring is 1. The molecule has 3 N–H and O–H groups in total. The van der Waals surface area contributed by atoms with Crippen LogP contribution in [0, 0.1) is 0 Å². The number of pyridine rings is 1. The summed E-state index contributed by atoms with van der Waals surface area (Å²) in [5, 5.41) is 2.74. The van der Waals surface area contributed by atoms with E-state index in [9.17, 15) is 4.79 Å². The van der Waals surface area contributed by atoms with Gasteiger partial charge in [-0.25, -0.2) is 4.98 Å². The Bertz CT molecular complexity index is 677. The Morgan fingerprint density at radius 3 is 2.71 bits per heavy atom. The number of ether oxygens (including phenoxy) is 2. The maximum atomic E-state index is 12.3. The monoisotopic (exact) mass is 351 g/mol. The third kappa shape index (κ3) is 3.43. The predicted molar refractivity (Wildman–Crippen MR) is 83.8 cm³/mol. The Morgan fingerprint density at radius 1 is 1.29 bits per heavy atom. The molecule has 0 spiro atoms. The first-order valence-electron chi connectivity index (χ1n) is 5.99. The average Bonchev–Trinajstić information content (AvgIpc) is 2.49. The highest BCUT2D eigenvalue weighted by molar-refractivity contribution is 9.10. The van der Waals surface area contributed by atoms with Crippen molar-refractivity contribution in [1.29, 1.82) is 0 Å². The van der Waals surface area contributed by atoms with Gasteiger partial charge in [-0.15, -0.1) is 0 Å². The van der Waals surface area contributed by atoms with Crippen molar-refractivity contribution >= 4 is 33.3 Å². The number of carbonyl (C=O) groups excluding carboxylic acids is 1. The van der Waals surface area contributed by atoms with Gasteiger partial charge in [-0.3, -0.25) is 4.79 Å². The van der Waals surface area contributed by atoms with Crippen LogP contribution in [0.3, 0.4) is 0 Å². The Labute approximate surface area is 130 Å². The van der Waals surface area contributed by atoms with Crippen molar-refractivity contribution in [1.82, 2.24) is 4.98 Å². The molecule has 0 atom stereocenters. The number of anilines is 2. The fourth-order valence-electron chi connectivity index (χ4n) is 1.72. The fraction of sp³-hybridized carbons (Fsp3) is 0.143. The van der Waals surface area contributed by atoms with Crippen LogP contribution < -0.4 is 20.5 Å². The second kappa shape index (κ2) is 6.45. The number of benzene rings is 1. The zero-order chi connectivity index (χ0) is 15.4. The van der Waals surface area contributed by atoms with Gasteiger partial charge in [0.1, 0.15) is 17.3 Å². The first kappa shape index (κ1) is 15.1. The first-order chi connectivity index (χ1) is 10.0. The Morgan fingerprint density at radius 2 is 2.05 bits per heavy atom. The van der Waals surface area contributed by atoms with Crippen LogP contribution in [0.5, 0.6) is 11.5 Å². The van der Waals surface area contributed by atoms with Gasteiger partial charge in [0.05, 0.1) is 25.5 Å². The Balaban J connectivity index is 2.29. The van der Waals surface area contributed by atoms with Gasteiger partial charge in [-0.1, -0.05) is 0 Å². The number of amides is 1. The molecule has 1 aromatic heterocycles. The second-order valence-electron chi connectivity index (χ2n) is 4.11. The van der Waals surface area contributed by atoms with Gasteiger partial charge >= 0.3 is 0 Å². The van der Waals surface area contributed by atoms with E-state index in [2.05, 4.69) is 26.2 Å². The number of rotatable bonds is 4. The van der Waals surface area contributed by atoms with Gasteiger partial charge in [-0.05, 0) is 34.1 Å². The maximum Gasteiger partial charge on any atom is 0.259 e. The molecule has 1 aromatic carbocycles. The summed E-state index contributed by atoms with van der Waals surface area (Å²) < 4.78 is 11.0.